The Labute approximate surface area is 130 Å². The van der Waals surface area contributed by atoms with Crippen molar-refractivity contribution in [3.8, 4) is 0 Å². The third-order valence-corrected chi connectivity index (χ3v) is 5.48. The minimum atomic E-state index is -3.74. The fraction of sp³-hybridized carbons (Fsp3) is 0.538. The first-order chi connectivity index (χ1) is 9.35. The van der Waals surface area contributed by atoms with Gasteiger partial charge < -0.3 is 5.11 Å². The van der Waals surface area contributed by atoms with Gasteiger partial charge in [0.1, 0.15) is 4.90 Å². The molecule has 0 aromatic heterocycles. The summed E-state index contributed by atoms with van der Waals surface area (Å²) >= 11 is 11.9. The lowest BCUT2D eigenvalue weighted by atomic mass is 10.0. The van der Waals surface area contributed by atoms with Crippen molar-refractivity contribution >= 4 is 33.2 Å². The molecule has 0 saturated heterocycles. The number of rotatable bonds is 7. The standard InChI is InChI=1S/C13H19Cl2NO3S/c1-3-9(4-2)7-16-20(18,19)12-6-11(14)5-10(8-17)13(12)15/h5-6,9,16-17H,3-4,7-8H2,1-2H3. The fourth-order valence-electron chi connectivity index (χ4n) is 1.81. The Hall–Kier alpha value is -0.330. The highest BCUT2D eigenvalue weighted by Crippen LogP contribution is 2.29. The van der Waals surface area contributed by atoms with Gasteiger partial charge in [-0.2, -0.15) is 0 Å². The van der Waals surface area contributed by atoms with Crippen LogP contribution in [0.5, 0.6) is 0 Å². The van der Waals surface area contributed by atoms with Crippen LogP contribution in [0.2, 0.25) is 10.0 Å². The molecule has 0 amide bonds. The zero-order valence-electron chi connectivity index (χ0n) is 11.5. The Morgan fingerprint density at radius 1 is 1.25 bits per heavy atom. The number of hydrogen-bond donors (Lipinski definition) is 2. The normalized spacial score (nSPS) is 12.1. The van der Waals surface area contributed by atoms with Gasteiger partial charge in [-0.25, -0.2) is 13.1 Å². The summed E-state index contributed by atoms with van der Waals surface area (Å²) in [5.74, 6) is 0.278. The molecule has 1 aromatic rings. The van der Waals surface area contributed by atoms with E-state index >= 15 is 0 Å². The first-order valence-corrected chi connectivity index (χ1v) is 8.68. The Balaban J connectivity index is 3.06. The molecule has 0 aliphatic carbocycles. The van der Waals surface area contributed by atoms with Crippen LogP contribution in [0, 0.1) is 5.92 Å². The van der Waals surface area contributed by atoms with Gasteiger partial charge in [0.15, 0.2) is 0 Å². The Bertz CT molecular complexity index is 557. The molecule has 0 radical (unpaired) electrons. The van der Waals surface area contributed by atoms with Crippen molar-refractivity contribution in [3.63, 3.8) is 0 Å². The van der Waals surface area contributed by atoms with Crippen molar-refractivity contribution in [2.45, 2.75) is 38.2 Å². The molecule has 0 fully saturated rings. The molecule has 114 valence electrons. The van der Waals surface area contributed by atoms with Crippen LogP contribution in [0.15, 0.2) is 17.0 Å². The fourth-order valence-corrected chi connectivity index (χ4v) is 3.85. The average molecular weight is 340 g/mol. The number of sulfonamides is 1. The minimum Gasteiger partial charge on any atom is -0.392 e. The van der Waals surface area contributed by atoms with Crippen molar-refractivity contribution in [2.24, 2.45) is 5.92 Å². The number of benzene rings is 1. The molecule has 0 spiro atoms. The number of nitrogens with one attached hydrogen (secondary N) is 1. The van der Waals surface area contributed by atoms with Crippen molar-refractivity contribution < 1.29 is 13.5 Å². The first-order valence-electron chi connectivity index (χ1n) is 6.44. The van der Waals surface area contributed by atoms with Crippen molar-refractivity contribution in [3.05, 3.63) is 27.7 Å². The van der Waals surface area contributed by atoms with Crippen LogP contribution in [0.1, 0.15) is 32.3 Å². The van der Waals surface area contributed by atoms with Gasteiger partial charge in [-0.3, -0.25) is 0 Å². The molecule has 0 bridgehead atoms. The highest BCUT2D eigenvalue weighted by molar-refractivity contribution is 7.89. The van der Waals surface area contributed by atoms with E-state index < -0.39 is 10.0 Å². The Morgan fingerprint density at radius 3 is 2.35 bits per heavy atom. The Morgan fingerprint density at radius 2 is 1.85 bits per heavy atom. The molecule has 0 heterocycles. The van der Waals surface area contributed by atoms with Gasteiger partial charge in [-0.05, 0) is 23.6 Å². The first kappa shape index (κ1) is 17.7. The third kappa shape index (κ3) is 4.33. The van der Waals surface area contributed by atoms with E-state index in [0.29, 0.717) is 12.1 Å². The third-order valence-electron chi connectivity index (χ3n) is 3.26. The molecule has 0 unspecified atom stereocenters. The molecule has 4 nitrogen and oxygen atoms in total. The predicted molar refractivity (Wildman–Crippen MR) is 81.6 cm³/mol. The van der Waals surface area contributed by atoms with Crippen molar-refractivity contribution in [1.29, 1.82) is 0 Å². The summed E-state index contributed by atoms with van der Waals surface area (Å²) in [5, 5.41) is 9.40. The number of halogens is 2. The second kappa shape index (κ2) is 7.61. The maximum Gasteiger partial charge on any atom is 0.242 e. The predicted octanol–water partition coefficient (Wildman–Crippen LogP) is 3.20. The molecule has 0 aliphatic rings. The molecule has 20 heavy (non-hydrogen) atoms. The molecular formula is C13H19Cl2NO3S. The lowest BCUT2D eigenvalue weighted by molar-refractivity contribution is 0.281. The average Bonchev–Trinajstić information content (AvgIpc) is 2.41. The molecule has 1 aromatic carbocycles. The largest absolute Gasteiger partial charge is 0.392 e. The van der Waals surface area contributed by atoms with Crippen LogP contribution < -0.4 is 4.72 Å². The van der Waals surface area contributed by atoms with E-state index in [2.05, 4.69) is 4.72 Å². The Kier molecular flexibility index (Phi) is 6.75. The topological polar surface area (TPSA) is 66.4 Å². The second-order valence-electron chi connectivity index (χ2n) is 4.57. The quantitative estimate of drug-likeness (QED) is 0.801. The molecule has 0 saturated carbocycles. The van der Waals surface area contributed by atoms with Gasteiger partial charge in [-0.1, -0.05) is 49.9 Å². The van der Waals surface area contributed by atoms with Crippen LogP contribution in [0.25, 0.3) is 0 Å². The second-order valence-corrected chi connectivity index (χ2v) is 7.12. The van der Waals surface area contributed by atoms with E-state index in [1.165, 1.54) is 12.1 Å². The van der Waals surface area contributed by atoms with Gasteiger partial charge in [0.2, 0.25) is 10.0 Å². The van der Waals surface area contributed by atoms with E-state index in [1.54, 1.807) is 0 Å². The van der Waals surface area contributed by atoms with Gasteiger partial charge >= 0.3 is 0 Å². The van der Waals surface area contributed by atoms with Crippen molar-refractivity contribution in [2.75, 3.05) is 6.54 Å². The SMILES string of the molecule is CCC(CC)CNS(=O)(=O)c1cc(Cl)cc(CO)c1Cl. The van der Waals surface area contributed by atoms with E-state index in [4.69, 9.17) is 28.3 Å². The maximum absolute atomic E-state index is 12.3. The van der Waals surface area contributed by atoms with Crippen LogP contribution >= 0.6 is 23.2 Å². The van der Waals surface area contributed by atoms with E-state index in [9.17, 15) is 8.42 Å². The summed E-state index contributed by atoms with van der Waals surface area (Å²) in [6, 6.07) is 2.74. The van der Waals surface area contributed by atoms with Gasteiger partial charge in [-0.15, -0.1) is 0 Å². The van der Waals surface area contributed by atoms with Crippen molar-refractivity contribution in [1.82, 2.24) is 4.72 Å². The molecule has 1 rings (SSSR count). The van der Waals surface area contributed by atoms with Crippen LogP contribution in [0.4, 0.5) is 0 Å². The highest BCUT2D eigenvalue weighted by atomic mass is 35.5. The lowest BCUT2D eigenvalue weighted by Gasteiger charge is -2.15. The maximum atomic E-state index is 12.3. The zero-order valence-corrected chi connectivity index (χ0v) is 13.8. The zero-order chi connectivity index (χ0) is 15.3. The summed E-state index contributed by atoms with van der Waals surface area (Å²) in [6.45, 7) is 4.01. The summed E-state index contributed by atoms with van der Waals surface area (Å²) in [6.07, 6.45) is 1.79. The molecule has 0 aliphatic heterocycles. The number of hydrogen-bond acceptors (Lipinski definition) is 3. The number of aliphatic hydroxyl groups is 1. The molecular weight excluding hydrogens is 321 g/mol. The van der Waals surface area contributed by atoms with E-state index in [1.807, 2.05) is 13.8 Å². The minimum absolute atomic E-state index is 0.00828. The van der Waals surface area contributed by atoms with Gasteiger partial charge in [0, 0.05) is 11.6 Å². The van der Waals surface area contributed by atoms with Gasteiger partial charge in [0.05, 0.1) is 11.6 Å². The summed E-state index contributed by atoms with van der Waals surface area (Å²) in [7, 11) is -3.74. The smallest absolute Gasteiger partial charge is 0.242 e. The molecule has 7 heteroatoms. The highest BCUT2D eigenvalue weighted by Gasteiger charge is 2.21. The summed E-state index contributed by atoms with van der Waals surface area (Å²) < 4.78 is 27.1. The lowest BCUT2D eigenvalue weighted by Crippen LogP contribution is -2.29. The monoisotopic (exact) mass is 339 g/mol. The molecule has 2 N–H and O–H groups in total. The van der Waals surface area contributed by atoms with Crippen LogP contribution in [-0.2, 0) is 16.6 Å². The van der Waals surface area contributed by atoms with E-state index in [0.717, 1.165) is 12.8 Å². The molecule has 0 atom stereocenters. The van der Waals surface area contributed by atoms with Crippen LogP contribution in [0.3, 0.4) is 0 Å². The van der Waals surface area contributed by atoms with Gasteiger partial charge in [0.25, 0.3) is 0 Å². The summed E-state index contributed by atoms with van der Waals surface area (Å²) in [5.41, 5.74) is 0.294. The van der Waals surface area contributed by atoms with Crippen LogP contribution in [-0.4, -0.2) is 20.1 Å². The number of aliphatic hydroxyl groups excluding tert-OH is 1. The summed E-state index contributed by atoms with van der Waals surface area (Å²) in [4.78, 5) is -0.0957. The van der Waals surface area contributed by atoms with E-state index in [-0.39, 0.29) is 27.5 Å².